The van der Waals surface area contributed by atoms with Gasteiger partial charge in [-0.25, -0.2) is 0 Å². The number of carbonyl (C=O) groups excluding carboxylic acids is 3. The molecule has 40 heavy (non-hydrogen) atoms. The van der Waals surface area contributed by atoms with Crippen LogP contribution in [0.2, 0.25) is 19.6 Å². The standard InChI is InChI=1S/C27H37N5O7Si/c1-16-10-11-18(40(7,8)9)14-20(16)38-21-15-19(34)23(39-21)24(35)28-22-25(36-5)29-27(30-26(22)37-6)32(17(2)33)13-12-31(3)4/h10-11,14-15,23H,12-13H2,1-9H3,(H,28,35). The lowest BCUT2D eigenvalue weighted by Crippen LogP contribution is -2.37. The Labute approximate surface area is 235 Å². The average Bonchev–Trinajstić information content (AvgIpc) is 3.24. The highest BCUT2D eigenvalue weighted by Crippen LogP contribution is 2.34. The van der Waals surface area contributed by atoms with Crippen LogP contribution in [0.1, 0.15) is 12.5 Å². The van der Waals surface area contributed by atoms with Crippen LogP contribution in [-0.4, -0.2) is 88.0 Å². The summed E-state index contributed by atoms with van der Waals surface area (Å²) >= 11 is 0. The molecule has 2 aromatic rings. The molecule has 0 radical (unpaired) electrons. The Kier molecular flexibility index (Phi) is 9.53. The van der Waals surface area contributed by atoms with Gasteiger partial charge in [-0.15, -0.1) is 0 Å². The van der Waals surface area contributed by atoms with E-state index in [0.29, 0.717) is 18.8 Å². The molecule has 1 N–H and O–H groups in total. The fourth-order valence-corrected chi connectivity index (χ4v) is 4.89. The van der Waals surface area contributed by atoms with Crippen molar-refractivity contribution in [1.29, 1.82) is 0 Å². The number of carbonyl (C=O) groups is 3. The maximum absolute atomic E-state index is 13.1. The molecule has 3 rings (SSSR count). The fraction of sp³-hybridized carbons (Fsp3) is 0.444. The minimum Gasteiger partial charge on any atom is -0.479 e. The molecule has 0 spiro atoms. The van der Waals surface area contributed by atoms with Crippen LogP contribution in [0.4, 0.5) is 11.6 Å². The van der Waals surface area contributed by atoms with Gasteiger partial charge in [-0.2, -0.15) is 9.97 Å². The average molecular weight is 572 g/mol. The third-order valence-electron chi connectivity index (χ3n) is 6.11. The number of aromatic nitrogens is 2. The molecule has 1 aliphatic rings. The van der Waals surface area contributed by atoms with Gasteiger partial charge in [0.05, 0.1) is 28.4 Å². The molecule has 0 fully saturated rings. The van der Waals surface area contributed by atoms with Gasteiger partial charge in [-0.3, -0.25) is 19.3 Å². The first-order valence-electron chi connectivity index (χ1n) is 12.7. The van der Waals surface area contributed by atoms with Crippen molar-refractivity contribution in [3.63, 3.8) is 0 Å². The van der Waals surface area contributed by atoms with E-state index in [-0.39, 0.29) is 35.2 Å². The molecule has 0 saturated heterocycles. The first kappa shape index (κ1) is 30.6. The minimum atomic E-state index is -1.61. The number of methoxy groups -OCH3 is 2. The first-order valence-corrected chi connectivity index (χ1v) is 16.2. The lowest BCUT2D eigenvalue weighted by molar-refractivity contribution is -0.134. The van der Waals surface area contributed by atoms with Crippen molar-refractivity contribution >= 4 is 42.5 Å². The number of nitrogens with zero attached hydrogens (tertiary/aromatic N) is 4. The van der Waals surface area contributed by atoms with Crippen LogP contribution in [0.3, 0.4) is 0 Å². The lowest BCUT2D eigenvalue weighted by Gasteiger charge is -2.23. The molecule has 1 atom stereocenters. The van der Waals surface area contributed by atoms with Crippen LogP contribution >= 0.6 is 0 Å². The highest BCUT2D eigenvalue weighted by Gasteiger charge is 2.37. The highest BCUT2D eigenvalue weighted by molar-refractivity contribution is 6.88. The van der Waals surface area contributed by atoms with Gasteiger partial charge in [0, 0.05) is 20.0 Å². The van der Waals surface area contributed by atoms with Crippen molar-refractivity contribution in [3.05, 3.63) is 35.8 Å². The normalized spacial score (nSPS) is 14.9. The zero-order valence-corrected chi connectivity index (χ0v) is 25.4. The molecule has 1 aromatic carbocycles. The van der Waals surface area contributed by atoms with Gasteiger partial charge in [0.15, 0.2) is 5.69 Å². The van der Waals surface area contributed by atoms with Gasteiger partial charge in [-0.1, -0.05) is 37.0 Å². The van der Waals surface area contributed by atoms with Crippen molar-refractivity contribution in [3.8, 4) is 17.5 Å². The fourth-order valence-electron chi connectivity index (χ4n) is 3.74. The smallest absolute Gasteiger partial charge is 0.289 e. The first-order chi connectivity index (χ1) is 18.7. The van der Waals surface area contributed by atoms with Crippen LogP contribution in [0, 0.1) is 6.92 Å². The molecule has 2 heterocycles. The summed E-state index contributed by atoms with van der Waals surface area (Å²) in [6.45, 7) is 10.8. The summed E-state index contributed by atoms with van der Waals surface area (Å²) in [6.07, 6.45) is -0.354. The number of ketones is 1. The number of likely N-dealkylation sites (N-methyl/N-ethyl adjacent to an activating group) is 1. The summed E-state index contributed by atoms with van der Waals surface area (Å²) in [5, 5.41) is 3.75. The number of rotatable bonds is 11. The number of ether oxygens (including phenoxy) is 4. The summed E-state index contributed by atoms with van der Waals surface area (Å²) in [5.41, 5.74) is 0.850. The molecule has 1 unspecified atom stereocenters. The van der Waals surface area contributed by atoms with E-state index < -0.39 is 25.9 Å². The van der Waals surface area contributed by atoms with Crippen molar-refractivity contribution in [2.45, 2.75) is 39.6 Å². The maximum atomic E-state index is 13.1. The number of anilines is 2. The summed E-state index contributed by atoms with van der Waals surface area (Å²) in [6, 6.07) is 5.98. The Bertz CT molecular complexity index is 1300. The SMILES string of the molecule is COc1nc(N(CCN(C)C)C(C)=O)nc(OC)c1NC(=O)C1OC(Oc2cc([Si](C)(C)C)ccc2C)=CC1=O. The van der Waals surface area contributed by atoms with E-state index in [0.717, 1.165) is 11.6 Å². The molecule has 0 aliphatic carbocycles. The minimum absolute atomic E-state index is 0.0145. The third-order valence-corrected chi connectivity index (χ3v) is 8.16. The molecule has 1 aliphatic heterocycles. The number of aryl methyl sites for hydroxylation is 1. The maximum Gasteiger partial charge on any atom is 0.289 e. The van der Waals surface area contributed by atoms with E-state index in [2.05, 4.69) is 41.0 Å². The van der Waals surface area contributed by atoms with E-state index in [1.165, 1.54) is 31.2 Å². The Morgan fingerprint density at radius 3 is 2.23 bits per heavy atom. The Hall–Kier alpha value is -3.97. The second-order valence-corrected chi connectivity index (χ2v) is 15.7. The van der Waals surface area contributed by atoms with Crippen molar-refractivity contribution in [1.82, 2.24) is 14.9 Å². The van der Waals surface area contributed by atoms with Crippen molar-refractivity contribution < 1.29 is 33.3 Å². The zero-order chi connectivity index (χ0) is 29.8. The number of hydrogen-bond acceptors (Lipinski definition) is 10. The number of hydrogen-bond donors (Lipinski definition) is 1. The second-order valence-electron chi connectivity index (χ2n) is 10.6. The number of benzene rings is 1. The molecular formula is C27H37N5O7Si. The molecule has 1 aromatic heterocycles. The molecular weight excluding hydrogens is 534 g/mol. The van der Waals surface area contributed by atoms with Crippen LogP contribution in [-0.2, 0) is 19.1 Å². The largest absolute Gasteiger partial charge is 0.479 e. The number of nitrogens with one attached hydrogen (secondary N) is 1. The quantitative estimate of drug-likeness (QED) is 0.316. The van der Waals surface area contributed by atoms with Crippen molar-refractivity contribution in [2.75, 3.05) is 51.6 Å². The summed E-state index contributed by atoms with van der Waals surface area (Å²) in [7, 11) is 4.84. The van der Waals surface area contributed by atoms with Crippen LogP contribution in [0.25, 0.3) is 0 Å². The monoisotopic (exact) mass is 571 g/mol. The topological polar surface area (TPSA) is 132 Å². The van der Waals surface area contributed by atoms with E-state index in [1.807, 2.05) is 38.1 Å². The molecule has 0 saturated carbocycles. The predicted molar refractivity (Wildman–Crippen MR) is 153 cm³/mol. The van der Waals surface area contributed by atoms with Crippen LogP contribution in [0.15, 0.2) is 30.2 Å². The molecule has 216 valence electrons. The highest BCUT2D eigenvalue weighted by atomic mass is 28.3. The second kappa shape index (κ2) is 12.5. The summed E-state index contributed by atoms with van der Waals surface area (Å²) < 4.78 is 22.2. The van der Waals surface area contributed by atoms with E-state index >= 15 is 0 Å². The molecule has 0 bridgehead atoms. The van der Waals surface area contributed by atoms with E-state index in [9.17, 15) is 14.4 Å². The summed E-state index contributed by atoms with van der Waals surface area (Å²) in [4.78, 5) is 50.0. The lowest BCUT2D eigenvalue weighted by atomic mass is 10.2. The molecule has 2 amide bonds. The third kappa shape index (κ3) is 7.15. The van der Waals surface area contributed by atoms with Gasteiger partial charge in [-0.05, 0) is 32.6 Å². The Balaban J connectivity index is 1.81. The molecule has 13 heteroatoms. The van der Waals surface area contributed by atoms with Gasteiger partial charge in [0.1, 0.15) is 5.75 Å². The van der Waals surface area contributed by atoms with Crippen LogP contribution < -0.4 is 29.6 Å². The zero-order valence-electron chi connectivity index (χ0n) is 24.4. The Morgan fingerprint density at radius 1 is 1.07 bits per heavy atom. The van der Waals surface area contributed by atoms with Crippen molar-refractivity contribution in [2.24, 2.45) is 0 Å². The van der Waals surface area contributed by atoms with Crippen LogP contribution in [0.5, 0.6) is 17.5 Å². The van der Waals surface area contributed by atoms with Gasteiger partial charge in [0.25, 0.3) is 11.9 Å². The van der Waals surface area contributed by atoms with E-state index in [1.54, 1.807) is 0 Å². The molecule has 12 nitrogen and oxygen atoms in total. The predicted octanol–water partition coefficient (Wildman–Crippen LogP) is 2.09. The number of amides is 2. The van der Waals surface area contributed by atoms with Gasteiger partial charge < -0.3 is 29.2 Å². The van der Waals surface area contributed by atoms with Gasteiger partial charge >= 0.3 is 0 Å². The Morgan fingerprint density at radius 2 is 1.70 bits per heavy atom. The summed E-state index contributed by atoms with van der Waals surface area (Å²) in [5.74, 6) is -1.26. The van der Waals surface area contributed by atoms with Gasteiger partial charge in [0.2, 0.25) is 35.5 Å². The van der Waals surface area contributed by atoms with E-state index in [4.69, 9.17) is 18.9 Å².